The molecule has 0 unspecified atom stereocenters. The third-order valence-corrected chi connectivity index (χ3v) is 3.61. The van der Waals surface area contributed by atoms with Crippen molar-refractivity contribution < 1.29 is 4.39 Å². The van der Waals surface area contributed by atoms with Crippen molar-refractivity contribution in [1.82, 2.24) is 4.98 Å². The van der Waals surface area contributed by atoms with E-state index in [1.165, 1.54) is 6.07 Å². The van der Waals surface area contributed by atoms with Crippen molar-refractivity contribution >= 4 is 26.8 Å². The molecule has 17 heavy (non-hydrogen) atoms. The molecule has 0 aliphatic carbocycles. The normalized spacial score (nSPS) is 10.9. The van der Waals surface area contributed by atoms with Gasteiger partial charge < -0.3 is 4.98 Å². The Kier molecular flexibility index (Phi) is 2.48. The van der Waals surface area contributed by atoms with Gasteiger partial charge in [0.2, 0.25) is 0 Å². The van der Waals surface area contributed by atoms with Crippen LogP contribution in [0.5, 0.6) is 0 Å². The smallest absolute Gasteiger partial charge is 0.132 e. The molecule has 0 saturated carbocycles. The molecule has 0 fully saturated rings. The highest BCUT2D eigenvalue weighted by Gasteiger charge is 2.12. The molecule has 3 heteroatoms. The Bertz CT molecular complexity index is 688. The summed E-state index contributed by atoms with van der Waals surface area (Å²) in [6.45, 7) is 0. The number of rotatable bonds is 1. The van der Waals surface area contributed by atoms with E-state index >= 15 is 0 Å². The lowest BCUT2D eigenvalue weighted by atomic mass is 10.1. The van der Waals surface area contributed by atoms with E-state index in [-0.39, 0.29) is 5.82 Å². The second-order valence-corrected chi connectivity index (χ2v) is 4.63. The van der Waals surface area contributed by atoms with Gasteiger partial charge in [-0.2, -0.15) is 0 Å². The van der Waals surface area contributed by atoms with Crippen LogP contribution in [0.1, 0.15) is 0 Å². The van der Waals surface area contributed by atoms with E-state index < -0.39 is 0 Å². The van der Waals surface area contributed by atoms with Crippen LogP contribution in [0.2, 0.25) is 0 Å². The molecule has 1 aromatic heterocycles. The number of nitrogens with one attached hydrogen (secondary N) is 1. The highest BCUT2D eigenvalue weighted by atomic mass is 79.9. The number of aromatic amines is 1. The monoisotopic (exact) mass is 289 g/mol. The van der Waals surface area contributed by atoms with Gasteiger partial charge in [0.15, 0.2) is 0 Å². The molecule has 1 N–H and O–H groups in total. The van der Waals surface area contributed by atoms with E-state index in [9.17, 15) is 4.39 Å². The minimum absolute atomic E-state index is 0.222. The average Bonchev–Trinajstić information content (AvgIpc) is 2.68. The minimum atomic E-state index is -0.222. The number of H-pyrrole nitrogens is 1. The molecule has 0 bridgehead atoms. The molecule has 0 aliphatic rings. The second kappa shape index (κ2) is 4.00. The van der Waals surface area contributed by atoms with E-state index in [4.69, 9.17) is 0 Å². The third kappa shape index (κ3) is 1.67. The molecule has 0 spiro atoms. The van der Waals surface area contributed by atoms with Gasteiger partial charge in [0.05, 0.1) is 10.2 Å². The summed E-state index contributed by atoms with van der Waals surface area (Å²) >= 11 is 3.52. The third-order valence-electron chi connectivity index (χ3n) is 2.79. The van der Waals surface area contributed by atoms with Crippen LogP contribution in [0, 0.1) is 5.82 Å². The molecule has 0 saturated heterocycles. The van der Waals surface area contributed by atoms with E-state index in [1.54, 1.807) is 12.1 Å². The molecule has 1 nitrogen and oxygen atoms in total. The number of hydrogen-bond acceptors (Lipinski definition) is 0. The second-order valence-electron chi connectivity index (χ2n) is 3.84. The molecule has 0 atom stereocenters. The Labute approximate surface area is 106 Å². The summed E-state index contributed by atoms with van der Waals surface area (Å²) in [5.41, 5.74) is 2.36. The van der Waals surface area contributed by atoms with Crippen molar-refractivity contribution in [3.8, 4) is 11.3 Å². The summed E-state index contributed by atoms with van der Waals surface area (Å²) in [7, 11) is 0. The highest BCUT2D eigenvalue weighted by molar-refractivity contribution is 9.10. The van der Waals surface area contributed by atoms with E-state index in [1.807, 2.05) is 30.3 Å². The van der Waals surface area contributed by atoms with Crippen LogP contribution in [0.15, 0.2) is 53.0 Å². The standard InChI is InChI=1S/C14H9BrFN/c15-13-10-6-2-4-8-12(10)17-14(13)9-5-1-3-7-11(9)16/h1-8,17H. The van der Waals surface area contributed by atoms with Crippen molar-refractivity contribution in [1.29, 1.82) is 0 Å². The minimum Gasteiger partial charge on any atom is -0.353 e. The molecule has 3 aromatic rings. The SMILES string of the molecule is Fc1ccccc1-c1[nH]c2ccccc2c1Br. The topological polar surface area (TPSA) is 15.8 Å². The van der Waals surface area contributed by atoms with Crippen LogP contribution in [-0.2, 0) is 0 Å². The fraction of sp³-hybridized carbons (Fsp3) is 0. The first-order chi connectivity index (χ1) is 8.27. The predicted molar refractivity (Wildman–Crippen MR) is 71.4 cm³/mol. The molecule has 84 valence electrons. The number of fused-ring (bicyclic) bond motifs is 1. The van der Waals surface area contributed by atoms with Crippen molar-refractivity contribution in [3.05, 3.63) is 58.8 Å². The Morgan fingerprint density at radius 1 is 0.941 bits per heavy atom. The number of aromatic nitrogens is 1. The number of hydrogen-bond donors (Lipinski definition) is 1. The van der Waals surface area contributed by atoms with Crippen LogP contribution in [0.4, 0.5) is 4.39 Å². The summed E-state index contributed by atoms with van der Waals surface area (Å²) in [5, 5.41) is 1.06. The molecule has 0 radical (unpaired) electrons. The lowest BCUT2D eigenvalue weighted by Gasteiger charge is -2.00. The lowest BCUT2D eigenvalue weighted by Crippen LogP contribution is -1.83. The lowest BCUT2D eigenvalue weighted by molar-refractivity contribution is 0.631. The molecule has 2 aromatic carbocycles. The van der Waals surface area contributed by atoms with Crippen LogP contribution in [-0.4, -0.2) is 4.98 Å². The van der Waals surface area contributed by atoms with Gasteiger partial charge in [-0.1, -0.05) is 30.3 Å². The summed E-state index contributed by atoms with van der Waals surface area (Å²) in [4.78, 5) is 3.23. The summed E-state index contributed by atoms with van der Waals surface area (Å²) in [6.07, 6.45) is 0. The van der Waals surface area contributed by atoms with E-state index in [0.29, 0.717) is 5.56 Å². The maximum atomic E-state index is 13.7. The van der Waals surface area contributed by atoms with Crippen molar-refractivity contribution in [2.45, 2.75) is 0 Å². The Morgan fingerprint density at radius 3 is 2.41 bits per heavy atom. The van der Waals surface area contributed by atoms with Crippen molar-refractivity contribution in [2.75, 3.05) is 0 Å². The first-order valence-electron chi connectivity index (χ1n) is 5.28. The van der Waals surface area contributed by atoms with Crippen LogP contribution >= 0.6 is 15.9 Å². The van der Waals surface area contributed by atoms with E-state index in [0.717, 1.165) is 21.1 Å². The maximum absolute atomic E-state index is 13.7. The van der Waals surface area contributed by atoms with Gasteiger partial charge in [0.25, 0.3) is 0 Å². The first-order valence-corrected chi connectivity index (χ1v) is 6.08. The zero-order chi connectivity index (χ0) is 11.8. The molecular formula is C14H9BrFN. The van der Waals surface area contributed by atoms with Gasteiger partial charge in [-0.3, -0.25) is 0 Å². The van der Waals surface area contributed by atoms with E-state index in [2.05, 4.69) is 20.9 Å². The van der Waals surface area contributed by atoms with Gasteiger partial charge in [0, 0.05) is 16.5 Å². The summed E-state index contributed by atoms with van der Waals surface area (Å²) in [6, 6.07) is 14.6. The zero-order valence-electron chi connectivity index (χ0n) is 8.87. The Morgan fingerprint density at radius 2 is 1.65 bits per heavy atom. The highest BCUT2D eigenvalue weighted by Crippen LogP contribution is 2.35. The van der Waals surface area contributed by atoms with Crippen LogP contribution in [0.3, 0.4) is 0 Å². The Balaban J connectivity index is 2.32. The maximum Gasteiger partial charge on any atom is 0.132 e. The zero-order valence-corrected chi connectivity index (χ0v) is 10.5. The quantitative estimate of drug-likeness (QED) is 0.666. The number of para-hydroxylation sites is 1. The van der Waals surface area contributed by atoms with Crippen molar-refractivity contribution in [3.63, 3.8) is 0 Å². The Hall–Kier alpha value is -1.61. The molecular weight excluding hydrogens is 281 g/mol. The van der Waals surface area contributed by atoms with Gasteiger partial charge in [-0.15, -0.1) is 0 Å². The van der Waals surface area contributed by atoms with Crippen LogP contribution < -0.4 is 0 Å². The van der Waals surface area contributed by atoms with Crippen molar-refractivity contribution in [2.24, 2.45) is 0 Å². The largest absolute Gasteiger partial charge is 0.353 e. The average molecular weight is 290 g/mol. The molecule has 3 rings (SSSR count). The van der Waals surface area contributed by atoms with Gasteiger partial charge in [-0.05, 0) is 34.1 Å². The van der Waals surface area contributed by atoms with Gasteiger partial charge in [-0.25, -0.2) is 4.39 Å². The fourth-order valence-electron chi connectivity index (χ4n) is 1.96. The number of benzene rings is 2. The summed E-state index contributed by atoms with van der Waals surface area (Å²) < 4.78 is 14.6. The summed E-state index contributed by atoms with van der Waals surface area (Å²) in [5.74, 6) is -0.222. The molecule has 1 heterocycles. The fourth-order valence-corrected chi connectivity index (χ4v) is 2.62. The molecule has 0 aliphatic heterocycles. The molecule has 0 amide bonds. The van der Waals surface area contributed by atoms with Gasteiger partial charge in [0.1, 0.15) is 5.82 Å². The van der Waals surface area contributed by atoms with Crippen LogP contribution in [0.25, 0.3) is 22.2 Å². The predicted octanol–water partition coefficient (Wildman–Crippen LogP) is 4.74. The first kappa shape index (κ1) is 10.5. The number of halogens is 2. The van der Waals surface area contributed by atoms with Gasteiger partial charge >= 0.3 is 0 Å².